The van der Waals surface area contributed by atoms with Crippen LogP contribution in [0.25, 0.3) is 0 Å². The second-order valence-corrected chi connectivity index (χ2v) is 6.97. The van der Waals surface area contributed by atoms with E-state index in [2.05, 4.69) is 20.5 Å². The van der Waals surface area contributed by atoms with Crippen LogP contribution in [0.2, 0.25) is 0 Å². The van der Waals surface area contributed by atoms with Gasteiger partial charge in [0.15, 0.2) is 5.96 Å². The summed E-state index contributed by atoms with van der Waals surface area (Å²) >= 11 is 0. The van der Waals surface area contributed by atoms with Crippen molar-refractivity contribution in [2.75, 3.05) is 33.2 Å². The molecule has 2 unspecified atom stereocenters. The van der Waals surface area contributed by atoms with Crippen molar-refractivity contribution in [2.45, 2.75) is 25.4 Å². The highest BCUT2D eigenvalue weighted by molar-refractivity contribution is 14.0. The van der Waals surface area contributed by atoms with Crippen molar-refractivity contribution in [2.24, 2.45) is 10.4 Å². The number of benzene rings is 1. The van der Waals surface area contributed by atoms with Crippen molar-refractivity contribution in [1.29, 1.82) is 0 Å². The average Bonchev–Trinajstić information content (AvgIpc) is 2.96. The van der Waals surface area contributed by atoms with Crippen molar-refractivity contribution in [3.05, 3.63) is 35.6 Å². The standard InChI is InChI=1S/C18H25FN4O2.HI/c1-20-17(21-10-15(24)13-3-5-14(19)6-4-13)23-8-2-7-18(12-23)9-16(25)22-11-18;/h3-6,15,24H,2,7-12H2,1H3,(H,20,21)(H,22,25);1H. The molecule has 3 N–H and O–H groups in total. The van der Waals surface area contributed by atoms with E-state index in [0.717, 1.165) is 38.4 Å². The summed E-state index contributed by atoms with van der Waals surface area (Å²) in [7, 11) is 1.71. The summed E-state index contributed by atoms with van der Waals surface area (Å²) in [6.45, 7) is 2.66. The number of carbonyl (C=O) groups excluding carboxylic acids is 1. The highest BCUT2D eigenvalue weighted by atomic mass is 127. The highest BCUT2D eigenvalue weighted by Gasteiger charge is 2.42. The van der Waals surface area contributed by atoms with E-state index in [1.807, 2.05) is 0 Å². The summed E-state index contributed by atoms with van der Waals surface area (Å²) in [5, 5.41) is 16.4. The van der Waals surface area contributed by atoms with Crippen LogP contribution >= 0.6 is 24.0 Å². The van der Waals surface area contributed by atoms with Crippen LogP contribution in [0.5, 0.6) is 0 Å². The lowest BCUT2D eigenvalue weighted by Crippen LogP contribution is -2.51. The number of carbonyl (C=O) groups is 1. The number of nitrogens with one attached hydrogen (secondary N) is 2. The van der Waals surface area contributed by atoms with Crippen LogP contribution in [0, 0.1) is 11.2 Å². The second kappa shape index (κ2) is 8.98. The Morgan fingerprint density at radius 1 is 1.46 bits per heavy atom. The molecule has 2 atom stereocenters. The summed E-state index contributed by atoms with van der Waals surface area (Å²) < 4.78 is 13.0. The van der Waals surface area contributed by atoms with Gasteiger partial charge in [0.1, 0.15) is 5.82 Å². The van der Waals surface area contributed by atoms with Crippen LogP contribution in [0.15, 0.2) is 29.3 Å². The molecule has 2 aliphatic rings. The number of guanidine groups is 1. The van der Waals surface area contributed by atoms with Crippen LogP contribution in [-0.2, 0) is 4.79 Å². The zero-order valence-electron chi connectivity index (χ0n) is 14.9. The Balaban J connectivity index is 0.00000243. The monoisotopic (exact) mass is 476 g/mol. The fraction of sp³-hybridized carbons (Fsp3) is 0.556. The van der Waals surface area contributed by atoms with Crippen molar-refractivity contribution in [3.8, 4) is 0 Å². The van der Waals surface area contributed by atoms with Gasteiger partial charge in [0, 0.05) is 45.1 Å². The molecular formula is C18H26FIN4O2. The molecule has 26 heavy (non-hydrogen) atoms. The molecule has 0 bridgehead atoms. The first-order chi connectivity index (χ1) is 12.0. The Bertz CT molecular complexity index is 655. The molecule has 6 nitrogen and oxygen atoms in total. The third-order valence-electron chi connectivity index (χ3n) is 5.08. The number of aliphatic hydroxyl groups is 1. The maximum atomic E-state index is 13.0. The van der Waals surface area contributed by atoms with Gasteiger partial charge >= 0.3 is 0 Å². The molecule has 144 valence electrons. The normalized spacial score (nSPS) is 24.2. The molecule has 0 aromatic heterocycles. The van der Waals surface area contributed by atoms with Gasteiger partial charge in [-0.1, -0.05) is 12.1 Å². The number of rotatable bonds is 3. The molecule has 2 aliphatic heterocycles. The van der Waals surface area contributed by atoms with E-state index in [1.54, 1.807) is 19.2 Å². The Kier molecular flexibility index (Phi) is 7.22. The predicted molar refractivity (Wildman–Crippen MR) is 109 cm³/mol. The largest absolute Gasteiger partial charge is 0.387 e. The van der Waals surface area contributed by atoms with Gasteiger partial charge in [0.05, 0.1) is 6.10 Å². The molecule has 0 radical (unpaired) electrons. The summed E-state index contributed by atoms with van der Waals surface area (Å²) in [4.78, 5) is 18.1. The second-order valence-electron chi connectivity index (χ2n) is 6.97. The third-order valence-corrected chi connectivity index (χ3v) is 5.08. The lowest BCUT2D eigenvalue weighted by molar-refractivity contribution is -0.119. The van der Waals surface area contributed by atoms with E-state index in [9.17, 15) is 14.3 Å². The van der Waals surface area contributed by atoms with Crippen molar-refractivity contribution in [1.82, 2.24) is 15.5 Å². The van der Waals surface area contributed by atoms with Gasteiger partial charge in [-0.3, -0.25) is 9.79 Å². The smallest absolute Gasteiger partial charge is 0.220 e. The van der Waals surface area contributed by atoms with E-state index in [0.29, 0.717) is 18.5 Å². The van der Waals surface area contributed by atoms with Crippen LogP contribution < -0.4 is 10.6 Å². The highest BCUT2D eigenvalue weighted by Crippen LogP contribution is 2.36. The summed E-state index contributed by atoms with van der Waals surface area (Å²) in [5.74, 6) is 0.522. The Hall–Kier alpha value is -1.42. The van der Waals surface area contributed by atoms with Gasteiger partial charge in [-0.2, -0.15) is 0 Å². The molecule has 0 aliphatic carbocycles. The lowest BCUT2D eigenvalue weighted by Gasteiger charge is -2.40. The first kappa shape index (κ1) is 20.9. The molecule has 2 heterocycles. The maximum absolute atomic E-state index is 13.0. The minimum atomic E-state index is -0.745. The first-order valence-electron chi connectivity index (χ1n) is 8.67. The molecular weight excluding hydrogens is 450 g/mol. The SMILES string of the molecule is CN=C(NCC(O)c1ccc(F)cc1)N1CCCC2(CNC(=O)C2)C1.I. The molecule has 2 saturated heterocycles. The van der Waals surface area contributed by atoms with Gasteiger partial charge in [-0.15, -0.1) is 24.0 Å². The Labute approximate surface area is 170 Å². The fourth-order valence-corrected chi connectivity index (χ4v) is 3.75. The first-order valence-corrected chi connectivity index (χ1v) is 8.67. The number of aliphatic hydroxyl groups excluding tert-OH is 1. The minimum Gasteiger partial charge on any atom is -0.387 e. The lowest BCUT2D eigenvalue weighted by atomic mass is 9.79. The summed E-state index contributed by atoms with van der Waals surface area (Å²) in [6, 6.07) is 5.84. The zero-order valence-corrected chi connectivity index (χ0v) is 17.2. The van der Waals surface area contributed by atoms with Crippen molar-refractivity contribution < 1.29 is 14.3 Å². The van der Waals surface area contributed by atoms with Gasteiger partial charge in [0.25, 0.3) is 0 Å². The number of amides is 1. The van der Waals surface area contributed by atoms with Crippen LogP contribution in [-0.4, -0.2) is 55.1 Å². The van der Waals surface area contributed by atoms with Crippen molar-refractivity contribution >= 4 is 35.8 Å². The number of piperidine rings is 1. The number of hydrogen-bond acceptors (Lipinski definition) is 3. The summed E-state index contributed by atoms with van der Waals surface area (Å²) in [6.07, 6.45) is 1.87. The minimum absolute atomic E-state index is 0. The van der Waals surface area contributed by atoms with E-state index in [4.69, 9.17) is 0 Å². The molecule has 2 fully saturated rings. The molecule has 8 heteroatoms. The summed E-state index contributed by atoms with van der Waals surface area (Å²) in [5.41, 5.74) is 0.646. The van der Waals surface area contributed by atoms with Gasteiger partial charge < -0.3 is 20.6 Å². The number of halogens is 2. The van der Waals surface area contributed by atoms with Crippen LogP contribution in [0.4, 0.5) is 4.39 Å². The van der Waals surface area contributed by atoms with Gasteiger partial charge in [-0.05, 0) is 30.5 Å². The van der Waals surface area contributed by atoms with E-state index >= 15 is 0 Å². The number of nitrogens with zero attached hydrogens (tertiary/aromatic N) is 2. The third kappa shape index (κ3) is 4.85. The predicted octanol–water partition coefficient (Wildman–Crippen LogP) is 1.65. The number of aliphatic imine (C=N–C) groups is 1. The quantitative estimate of drug-likeness (QED) is 0.353. The molecule has 1 aromatic carbocycles. The van der Waals surface area contributed by atoms with E-state index in [-0.39, 0.29) is 41.1 Å². The van der Waals surface area contributed by atoms with Crippen LogP contribution in [0.3, 0.4) is 0 Å². The molecule has 3 rings (SSSR count). The Morgan fingerprint density at radius 3 is 2.81 bits per heavy atom. The zero-order chi connectivity index (χ0) is 17.9. The van der Waals surface area contributed by atoms with Gasteiger partial charge in [-0.25, -0.2) is 4.39 Å². The maximum Gasteiger partial charge on any atom is 0.220 e. The van der Waals surface area contributed by atoms with Crippen molar-refractivity contribution in [3.63, 3.8) is 0 Å². The van der Waals surface area contributed by atoms with E-state index in [1.165, 1.54) is 12.1 Å². The molecule has 1 aromatic rings. The number of hydrogen-bond donors (Lipinski definition) is 3. The fourth-order valence-electron chi connectivity index (χ4n) is 3.75. The van der Waals surface area contributed by atoms with Gasteiger partial charge in [0.2, 0.25) is 5.91 Å². The van der Waals surface area contributed by atoms with Crippen LogP contribution in [0.1, 0.15) is 30.9 Å². The average molecular weight is 476 g/mol. The molecule has 1 amide bonds. The topological polar surface area (TPSA) is 77.0 Å². The molecule has 0 saturated carbocycles. The molecule has 1 spiro atoms. The number of likely N-dealkylation sites (tertiary alicyclic amines) is 1. The Morgan fingerprint density at radius 2 is 2.19 bits per heavy atom. The van der Waals surface area contributed by atoms with E-state index < -0.39 is 6.10 Å².